The third-order valence-corrected chi connectivity index (χ3v) is 2.77. The van der Waals surface area contributed by atoms with Crippen molar-refractivity contribution in [2.75, 3.05) is 13.1 Å². The van der Waals surface area contributed by atoms with E-state index >= 15 is 0 Å². The summed E-state index contributed by atoms with van der Waals surface area (Å²) in [5, 5.41) is 4.88. The molecule has 1 unspecified atom stereocenters. The molecule has 1 amide bonds. The molecule has 0 saturated carbocycles. The van der Waals surface area contributed by atoms with Crippen LogP contribution in [0.25, 0.3) is 0 Å². The van der Waals surface area contributed by atoms with Gasteiger partial charge in [-0.25, -0.2) is 5.06 Å². The largest absolute Gasteiger partial charge is 0.315 e. The highest BCUT2D eigenvalue weighted by Gasteiger charge is 2.41. The number of carbonyl (C=O) groups excluding carboxylic acids is 1. The second kappa shape index (κ2) is 3.51. The average Bonchev–Trinajstić information content (AvgIpc) is 2.41. The third-order valence-electron chi connectivity index (χ3n) is 2.77. The van der Waals surface area contributed by atoms with Crippen molar-refractivity contribution < 1.29 is 9.63 Å². The van der Waals surface area contributed by atoms with Crippen LogP contribution in [-0.2, 0) is 9.63 Å². The number of piperidine rings is 1. The van der Waals surface area contributed by atoms with Crippen LogP contribution in [0, 0.1) is 0 Å². The summed E-state index contributed by atoms with van der Waals surface area (Å²) in [5.41, 5.74) is -0.311. The van der Waals surface area contributed by atoms with Gasteiger partial charge in [-0.2, -0.15) is 0 Å². The minimum Gasteiger partial charge on any atom is -0.315 e. The number of hydrogen-bond acceptors (Lipinski definition) is 3. The topological polar surface area (TPSA) is 41.6 Å². The summed E-state index contributed by atoms with van der Waals surface area (Å²) in [6.45, 7) is 5.84. The lowest BCUT2D eigenvalue weighted by molar-refractivity contribution is -0.209. The van der Waals surface area contributed by atoms with Crippen molar-refractivity contribution in [2.45, 2.75) is 44.8 Å². The number of nitrogens with one attached hydrogen (secondary N) is 1. The molecule has 4 heteroatoms. The molecule has 2 saturated heterocycles. The summed E-state index contributed by atoms with van der Waals surface area (Å²) in [7, 11) is 0. The molecule has 0 aromatic carbocycles. The molecule has 0 aromatic heterocycles. The Balaban J connectivity index is 2.00. The predicted molar refractivity (Wildman–Crippen MR) is 52.5 cm³/mol. The van der Waals surface area contributed by atoms with Crippen LogP contribution < -0.4 is 5.32 Å². The Morgan fingerprint density at radius 1 is 1.57 bits per heavy atom. The predicted octanol–water partition coefficient (Wildman–Crippen LogP) is 0.681. The van der Waals surface area contributed by atoms with Gasteiger partial charge in [-0.05, 0) is 33.2 Å². The van der Waals surface area contributed by atoms with E-state index in [1.807, 2.05) is 13.8 Å². The Kier molecular flexibility index (Phi) is 2.49. The zero-order valence-electron chi connectivity index (χ0n) is 8.88. The lowest BCUT2D eigenvalue weighted by Crippen LogP contribution is -2.46. The smallest absolute Gasteiger partial charge is 0.249 e. The van der Waals surface area contributed by atoms with Crippen LogP contribution in [-0.4, -0.2) is 35.7 Å². The molecule has 80 valence electrons. The third kappa shape index (κ3) is 1.91. The van der Waals surface area contributed by atoms with Gasteiger partial charge in [-0.1, -0.05) is 0 Å². The van der Waals surface area contributed by atoms with E-state index < -0.39 is 0 Å². The van der Waals surface area contributed by atoms with E-state index in [2.05, 4.69) is 5.32 Å². The van der Waals surface area contributed by atoms with Crippen molar-refractivity contribution in [3.63, 3.8) is 0 Å². The van der Waals surface area contributed by atoms with Gasteiger partial charge in [0.05, 0.1) is 18.1 Å². The van der Waals surface area contributed by atoms with E-state index in [4.69, 9.17) is 4.84 Å². The molecule has 4 nitrogen and oxygen atoms in total. The number of hydroxylamine groups is 2. The van der Waals surface area contributed by atoms with Crippen LogP contribution in [0.15, 0.2) is 0 Å². The quantitative estimate of drug-likeness (QED) is 0.673. The maximum Gasteiger partial charge on any atom is 0.249 e. The standard InChI is InChI=1S/C10H18N2O2/c1-10(2)6-9(13)12(14-10)8-4-3-5-11-7-8/h8,11H,3-7H2,1-2H3. The molecule has 0 aliphatic carbocycles. The van der Waals surface area contributed by atoms with Gasteiger partial charge in [0, 0.05) is 6.54 Å². The highest BCUT2D eigenvalue weighted by atomic mass is 16.7. The van der Waals surface area contributed by atoms with Crippen LogP contribution >= 0.6 is 0 Å². The van der Waals surface area contributed by atoms with Crippen molar-refractivity contribution in [3.05, 3.63) is 0 Å². The normalized spacial score (nSPS) is 32.3. The van der Waals surface area contributed by atoms with Crippen LogP contribution in [0.4, 0.5) is 0 Å². The van der Waals surface area contributed by atoms with Crippen LogP contribution in [0.1, 0.15) is 33.1 Å². The van der Waals surface area contributed by atoms with Gasteiger partial charge in [0.15, 0.2) is 0 Å². The highest BCUT2D eigenvalue weighted by molar-refractivity contribution is 5.78. The summed E-state index contributed by atoms with van der Waals surface area (Å²) in [6.07, 6.45) is 2.68. The van der Waals surface area contributed by atoms with Gasteiger partial charge >= 0.3 is 0 Å². The van der Waals surface area contributed by atoms with Crippen molar-refractivity contribution in [1.29, 1.82) is 0 Å². The fourth-order valence-electron chi connectivity index (χ4n) is 2.10. The van der Waals surface area contributed by atoms with Gasteiger partial charge in [0.1, 0.15) is 0 Å². The molecule has 0 radical (unpaired) electrons. The molecule has 2 aliphatic heterocycles. The van der Waals surface area contributed by atoms with Crippen LogP contribution in [0.3, 0.4) is 0 Å². The summed E-state index contributed by atoms with van der Waals surface area (Å²) in [6, 6.07) is 0.234. The molecule has 1 N–H and O–H groups in total. The summed E-state index contributed by atoms with van der Waals surface area (Å²) in [4.78, 5) is 17.3. The molecule has 2 aliphatic rings. The molecule has 2 fully saturated rings. The number of hydrogen-bond donors (Lipinski definition) is 1. The van der Waals surface area contributed by atoms with E-state index in [1.165, 1.54) is 0 Å². The van der Waals surface area contributed by atoms with Crippen LogP contribution in [0.2, 0.25) is 0 Å². The lowest BCUT2D eigenvalue weighted by Gasteiger charge is -2.31. The monoisotopic (exact) mass is 198 g/mol. The van der Waals surface area contributed by atoms with E-state index in [0.717, 1.165) is 25.9 Å². The summed E-state index contributed by atoms with van der Waals surface area (Å²) >= 11 is 0. The van der Waals surface area contributed by atoms with Gasteiger partial charge in [-0.3, -0.25) is 9.63 Å². The lowest BCUT2D eigenvalue weighted by atomic mass is 10.1. The van der Waals surface area contributed by atoms with E-state index in [1.54, 1.807) is 5.06 Å². The van der Waals surface area contributed by atoms with Crippen molar-refractivity contribution in [3.8, 4) is 0 Å². The van der Waals surface area contributed by atoms with E-state index in [-0.39, 0.29) is 17.6 Å². The first-order valence-corrected chi connectivity index (χ1v) is 5.30. The minimum atomic E-state index is -0.311. The second-order valence-electron chi connectivity index (χ2n) is 4.75. The van der Waals surface area contributed by atoms with Gasteiger partial charge < -0.3 is 5.32 Å². The number of rotatable bonds is 1. The summed E-state index contributed by atoms with van der Waals surface area (Å²) in [5.74, 6) is 0.128. The van der Waals surface area contributed by atoms with Crippen molar-refractivity contribution in [1.82, 2.24) is 10.4 Å². The zero-order chi connectivity index (χ0) is 10.2. The fraction of sp³-hybridized carbons (Fsp3) is 0.900. The summed E-state index contributed by atoms with van der Waals surface area (Å²) < 4.78 is 0. The first-order valence-electron chi connectivity index (χ1n) is 5.30. The van der Waals surface area contributed by atoms with E-state index in [9.17, 15) is 4.79 Å². The molecule has 0 aromatic rings. The van der Waals surface area contributed by atoms with Crippen LogP contribution in [0.5, 0.6) is 0 Å². The maximum absolute atomic E-state index is 11.7. The first-order chi connectivity index (χ1) is 6.58. The molecule has 2 rings (SSSR count). The number of carbonyl (C=O) groups is 1. The fourth-order valence-corrected chi connectivity index (χ4v) is 2.10. The molecule has 14 heavy (non-hydrogen) atoms. The van der Waals surface area contributed by atoms with Gasteiger partial charge in [0.2, 0.25) is 5.91 Å². The zero-order valence-corrected chi connectivity index (χ0v) is 8.88. The van der Waals surface area contributed by atoms with Gasteiger partial charge in [0.25, 0.3) is 0 Å². The minimum absolute atomic E-state index is 0.128. The second-order valence-corrected chi connectivity index (χ2v) is 4.75. The Labute approximate surface area is 84.6 Å². The van der Waals surface area contributed by atoms with E-state index in [0.29, 0.717) is 6.42 Å². The Hall–Kier alpha value is -0.610. The average molecular weight is 198 g/mol. The molecule has 2 heterocycles. The van der Waals surface area contributed by atoms with Crippen molar-refractivity contribution >= 4 is 5.91 Å². The molecule has 0 bridgehead atoms. The number of nitrogens with zero attached hydrogens (tertiary/aromatic N) is 1. The Bertz CT molecular complexity index is 234. The maximum atomic E-state index is 11.7. The molecule has 1 atom stereocenters. The van der Waals surface area contributed by atoms with Crippen molar-refractivity contribution in [2.24, 2.45) is 0 Å². The molecule has 0 spiro atoms. The SMILES string of the molecule is CC1(C)CC(=O)N(C2CCCNC2)O1. The highest BCUT2D eigenvalue weighted by Crippen LogP contribution is 2.28. The number of amides is 1. The van der Waals surface area contributed by atoms with Gasteiger partial charge in [-0.15, -0.1) is 0 Å². The molecular formula is C10H18N2O2. The molecular weight excluding hydrogens is 180 g/mol. The Morgan fingerprint density at radius 3 is 2.86 bits per heavy atom. The Morgan fingerprint density at radius 2 is 2.36 bits per heavy atom. The first kappa shape index (κ1) is 9.93.